The van der Waals surface area contributed by atoms with Crippen molar-refractivity contribution in [2.24, 2.45) is 5.73 Å². The molecule has 2 rings (SSSR count). The van der Waals surface area contributed by atoms with Crippen molar-refractivity contribution in [2.75, 3.05) is 20.2 Å². The third-order valence-corrected chi connectivity index (χ3v) is 4.62. The summed E-state index contributed by atoms with van der Waals surface area (Å²) in [5.74, 6) is 0.0380. The largest absolute Gasteiger partial charge is 0.380 e. The molecule has 1 aromatic rings. The van der Waals surface area contributed by atoms with Crippen molar-refractivity contribution in [1.29, 1.82) is 0 Å². The fourth-order valence-corrected chi connectivity index (χ4v) is 3.16. The predicted octanol–water partition coefficient (Wildman–Crippen LogP) is 1.52. The number of amides is 1. The highest BCUT2D eigenvalue weighted by atomic mass is 16.5. The Balaban J connectivity index is 1.78. The van der Waals surface area contributed by atoms with Crippen LogP contribution in [0.15, 0.2) is 30.3 Å². The molecule has 1 heterocycles. The molecule has 3 N–H and O–H groups in total. The number of hydrogen-bond donors (Lipinski definition) is 2. The standard InChI is InChI=1S/C18H29N3O2/c1-14-10-16(20-18(22)11-17(12-19)23-2)8-9-21(14)13-15-6-4-3-5-7-15/h3-7,14,16-17H,8-13,19H2,1-2H3,(H,20,22). The Bertz CT molecular complexity index is 476. The minimum Gasteiger partial charge on any atom is -0.380 e. The van der Waals surface area contributed by atoms with Crippen LogP contribution in [0.3, 0.4) is 0 Å². The van der Waals surface area contributed by atoms with Gasteiger partial charge >= 0.3 is 0 Å². The van der Waals surface area contributed by atoms with E-state index in [2.05, 4.69) is 41.4 Å². The Morgan fingerprint density at radius 3 is 2.78 bits per heavy atom. The lowest BCUT2D eigenvalue weighted by Crippen LogP contribution is -2.49. The Morgan fingerprint density at radius 1 is 1.43 bits per heavy atom. The van der Waals surface area contributed by atoms with Crippen LogP contribution in [-0.2, 0) is 16.1 Å². The Morgan fingerprint density at radius 2 is 2.17 bits per heavy atom. The van der Waals surface area contributed by atoms with Crippen LogP contribution in [0.25, 0.3) is 0 Å². The summed E-state index contributed by atoms with van der Waals surface area (Å²) in [6.45, 7) is 4.59. The molecular weight excluding hydrogens is 290 g/mol. The number of ether oxygens (including phenoxy) is 1. The topological polar surface area (TPSA) is 67.6 Å². The second-order valence-corrected chi connectivity index (χ2v) is 6.39. The molecule has 5 nitrogen and oxygen atoms in total. The molecule has 3 atom stereocenters. The van der Waals surface area contributed by atoms with Gasteiger partial charge in [0.1, 0.15) is 0 Å². The SMILES string of the molecule is COC(CN)CC(=O)NC1CCN(Cc2ccccc2)C(C)C1. The van der Waals surface area contributed by atoms with Crippen molar-refractivity contribution < 1.29 is 9.53 Å². The first-order valence-electron chi connectivity index (χ1n) is 8.42. The van der Waals surface area contributed by atoms with Crippen LogP contribution in [0.4, 0.5) is 0 Å². The van der Waals surface area contributed by atoms with E-state index in [4.69, 9.17) is 10.5 Å². The first kappa shape index (κ1) is 17.9. The third-order valence-electron chi connectivity index (χ3n) is 4.62. The monoisotopic (exact) mass is 319 g/mol. The number of likely N-dealkylation sites (tertiary alicyclic amines) is 1. The molecule has 1 aliphatic rings. The quantitative estimate of drug-likeness (QED) is 0.799. The molecule has 23 heavy (non-hydrogen) atoms. The molecule has 128 valence electrons. The molecule has 0 aromatic heterocycles. The van der Waals surface area contributed by atoms with Crippen LogP contribution in [0.5, 0.6) is 0 Å². The van der Waals surface area contributed by atoms with E-state index in [0.717, 1.165) is 25.9 Å². The van der Waals surface area contributed by atoms with Crippen molar-refractivity contribution in [3.8, 4) is 0 Å². The molecule has 3 unspecified atom stereocenters. The fraction of sp³-hybridized carbons (Fsp3) is 0.611. The number of carbonyl (C=O) groups excluding carboxylic acids is 1. The minimum absolute atomic E-state index is 0.0380. The molecule has 5 heteroatoms. The van der Waals surface area contributed by atoms with Gasteiger partial charge in [0, 0.05) is 38.8 Å². The number of piperidine rings is 1. The molecule has 0 saturated carbocycles. The van der Waals surface area contributed by atoms with Crippen molar-refractivity contribution in [3.05, 3.63) is 35.9 Å². The maximum Gasteiger partial charge on any atom is 0.222 e. The number of nitrogens with two attached hydrogens (primary N) is 1. The number of methoxy groups -OCH3 is 1. The summed E-state index contributed by atoms with van der Waals surface area (Å²) in [4.78, 5) is 14.5. The van der Waals surface area contributed by atoms with Gasteiger partial charge in [-0.3, -0.25) is 9.69 Å². The molecule has 1 aliphatic heterocycles. The van der Waals surface area contributed by atoms with Gasteiger partial charge in [-0.05, 0) is 25.3 Å². The third kappa shape index (κ3) is 5.61. The second-order valence-electron chi connectivity index (χ2n) is 6.39. The Hall–Kier alpha value is -1.43. The van der Waals surface area contributed by atoms with E-state index in [0.29, 0.717) is 19.0 Å². The van der Waals surface area contributed by atoms with Crippen LogP contribution in [0, 0.1) is 0 Å². The molecule has 1 saturated heterocycles. The smallest absolute Gasteiger partial charge is 0.222 e. The normalized spacial score (nSPS) is 23.4. The molecular formula is C18H29N3O2. The molecule has 1 fully saturated rings. The average Bonchev–Trinajstić information content (AvgIpc) is 2.56. The maximum absolute atomic E-state index is 12.1. The number of nitrogens with one attached hydrogen (secondary N) is 1. The number of nitrogens with zero attached hydrogens (tertiary/aromatic N) is 1. The van der Waals surface area contributed by atoms with Gasteiger partial charge in [0.15, 0.2) is 0 Å². The van der Waals surface area contributed by atoms with Crippen molar-refractivity contribution in [1.82, 2.24) is 10.2 Å². The highest BCUT2D eigenvalue weighted by molar-refractivity contribution is 5.76. The summed E-state index contributed by atoms with van der Waals surface area (Å²) in [5, 5.41) is 3.13. The van der Waals surface area contributed by atoms with E-state index in [1.807, 2.05) is 6.07 Å². The number of benzene rings is 1. The van der Waals surface area contributed by atoms with Crippen LogP contribution in [0.2, 0.25) is 0 Å². The number of rotatable bonds is 7. The van der Waals surface area contributed by atoms with Crippen molar-refractivity contribution in [3.63, 3.8) is 0 Å². The van der Waals surface area contributed by atoms with Crippen LogP contribution in [-0.4, -0.2) is 49.2 Å². The van der Waals surface area contributed by atoms with Gasteiger partial charge in [-0.15, -0.1) is 0 Å². The van der Waals surface area contributed by atoms with Gasteiger partial charge in [0.2, 0.25) is 5.91 Å². The fourth-order valence-electron chi connectivity index (χ4n) is 3.16. The maximum atomic E-state index is 12.1. The van der Waals surface area contributed by atoms with Gasteiger partial charge in [-0.1, -0.05) is 30.3 Å². The van der Waals surface area contributed by atoms with Gasteiger partial charge < -0.3 is 15.8 Å². The van der Waals surface area contributed by atoms with Crippen LogP contribution >= 0.6 is 0 Å². The highest BCUT2D eigenvalue weighted by Gasteiger charge is 2.26. The zero-order chi connectivity index (χ0) is 16.7. The second kappa shape index (κ2) is 9.01. The zero-order valence-electron chi connectivity index (χ0n) is 14.2. The predicted molar refractivity (Wildman–Crippen MR) is 91.9 cm³/mol. The van der Waals surface area contributed by atoms with E-state index < -0.39 is 0 Å². The van der Waals surface area contributed by atoms with Gasteiger partial charge in [0.05, 0.1) is 12.5 Å². The first-order valence-corrected chi connectivity index (χ1v) is 8.42. The lowest BCUT2D eigenvalue weighted by atomic mass is 9.97. The number of hydrogen-bond acceptors (Lipinski definition) is 4. The molecule has 0 aliphatic carbocycles. The zero-order valence-corrected chi connectivity index (χ0v) is 14.2. The van der Waals surface area contributed by atoms with Crippen molar-refractivity contribution >= 4 is 5.91 Å². The van der Waals surface area contributed by atoms with Gasteiger partial charge in [-0.2, -0.15) is 0 Å². The summed E-state index contributed by atoms with van der Waals surface area (Å²) in [6.07, 6.45) is 2.12. The van der Waals surface area contributed by atoms with Crippen LogP contribution in [0.1, 0.15) is 31.7 Å². The van der Waals surface area contributed by atoms with E-state index in [1.165, 1.54) is 5.56 Å². The van der Waals surface area contributed by atoms with E-state index in [9.17, 15) is 4.79 Å². The summed E-state index contributed by atoms with van der Waals surface area (Å²) >= 11 is 0. The summed E-state index contributed by atoms with van der Waals surface area (Å²) < 4.78 is 5.17. The van der Waals surface area contributed by atoms with E-state index in [-0.39, 0.29) is 18.1 Å². The van der Waals surface area contributed by atoms with Crippen LogP contribution < -0.4 is 11.1 Å². The molecule has 0 spiro atoms. The minimum atomic E-state index is -0.189. The lowest BCUT2D eigenvalue weighted by molar-refractivity contribution is -0.124. The summed E-state index contributed by atoms with van der Waals surface area (Å²) in [5.41, 5.74) is 6.91. The highest BCUT2D eigenvalue weighted by Crippen LogP contribution is 2.20. The molecule has 1 aromatic carbocycles. The van der Waals surface area contributed by atoms with Crippen molar-refractivity contribution in [2.45, 2.75) is 50.9 Å². The molecule has 0 bridgehead atoms. The summed E-state index contributed by atoms with van der Waals surface area (Å²) in [7, 11) is 1.59. The Labute approximate surface area is 139 Å². The number of carbonyl (C=O) groups is 1. The Kier molecular flexibility index (Phi) is 7.02. The average molecular weight is 319 g/mol. The van der Waals surface area contributed by atoms with E-state index >= 15 is 0 Å². The molecule has 1 amide bonds. The lowest BCUT2D eigenvalue weighted by Gasteiger charge is -2.38. The van der Waals surface area contributed by atoms with Gasteiger partial charge in [0.25, 0.3) is 0 Å². The summed E-state index contributed by atoms with van der Waals surface area (Å²) in [6, 6.07) is 11.2. The first-order chi connectivity index (χ1) is 11.1. The van der Waals surface area contributed by atoms with E-state index in [1.54, 1.807) is 7.11 Å². The molecule has 0 radical (unpaired) electrons. The van der Waals surface area contributed by atoms with Gasteiger partial charge in [-0.25, -0.2) is 0 Å².